The van der Waals surface area contributed by atoms with Gasteiger partial charge in [0.25, 0.3) is 0 Å². The van der Waals surface area contributed by atoms with E-state index in [-0.39, 0.29) is 27.4 Å². The van der Waals surface area contributed by atoms with Gasteiger partial charge in [-0.05, 0) is 26.2 Å². The number of hydrogen-bond acceptors (Lipinski definition) is 3. The first kappa shape index (κ1) is 10.1. The predicted octanol–water partition coefficient (Wildman–Crippen LogP) is 1.68. The van der Waals surface area contributed by atoms with Gasteiger partial charge in [0.2, 0.25) is 0 Å². The molecule has 3 nitrogen and oxygen atoms in total. The lowest BCUT2D eigenvalue weighted by molar-refractivity contribution is -0.221. The fourth-order valence-electron chi connectivity index (χ4n) is 2.90. The largest absolute Gasteiger partial charge is 0.469 e. The highest BCUT2D eigenvalue weighted by atomic mass is 79.9. The van der Waals surface area contributed by atoms with Crippen molar-refractivity contribution in [1.82, 2.24) is 0 Å². The van der Waals surface area contributed by atoms with Crippen LogP contribution in [0.3, 0.4) is 0 Å². The van der Waals surface area contributed by atoms with E-state index >= 15 is 0 Å². The van der Waals surface area contributed by atoms with Crippen molar-refractivity contribution in [2.24, 2.45) is 10.8 Å². The lowest BCUT2D eigenvalue weighted by Gasteiger charge is -2.67. The first-order valence-corrected chi connectivity index (χ1v) is 5.64. The smallest absolute Gasteiger partial charge is 0.311 e. The van der Waals surface area contributed by atoms with Gasteiger partial charge in [-0.15, -0.1) is 0 Å². The lowest BCUT2D eigenvalue weighted by Crippen LogP contribution is -2.69. The van der Waals surface area contributed by atoms with Crippen LogP contribution in [0.2, 0.25) is 0 Å². The summed E-state index contributed by atoms with van der Waals surface area (Å²) in [5, 5.41) is 0. The maximum Gasteiger partial charge on any atom is 0.311 e. The van der Waals surface area contributed by atoms with Crippen molar-refractivity contribution in [3.63, 3.8) is 0 Å². The second kappa shape index (κ2) is 2.81. The van der Waals surface area contributed by atoms with Crippen LogP contribution in [0.1, 0.15) is 26.2 Å². The van der Waals surface area contributed by atoms with Crippen molar-refractivity contribution in [3.05, 3.63) is 0 Å². The van der Waals surface area contributed by atoms with Gasteiger partial charge >= 0.3 is 5.97 Å². The molecule has 3 aliphatic carbocycles. The Balaban J connectivity index is 2.01. The number of ketones is 1. The minimum Gasteiger partial charge on any atom is -0.469 e. The van der Waals surface area contributed by atoms with Crippen molar-refractivity contribution in [3.8, 4) is 0 Å². The van der Waals surface area contributed by atoms with Crippen LogP contribution >= 0.6 is 15.9 Å². The molecule has 3 aliphatic rings. The molecule has 0 aromatic heterocycles. The minimum atomic E-state index is -0.299. The van der Waals surface area contributed by atoms with Gasteiger partial charge in [-0.2, -0.15) is 0 Å². The third-order valence-corrected chi connectivity index (χ3v) is 3.95. The summed E-state index contributed by atoms with van der Waals surface area (Å²) in [6, 6.07) is 0. The highest BCUT2D eigenvalue weighted by Crippen LogP contribution is 2.74. The Morgan fingerprint density at radius 1 is 1.29 bits per heavy atom. The summed E-state index contributed by atoms with van der Waals surface area (Å²) >= 11 is 3.28. The Bertz CT molecular complexity index is 289. The molecule has 3 fully saturated rings. The molecule has 0 aromatic carbocycles. The highest BCUT2D eigenvalue weighted by Gasteiger charge is 2.75. The number of rotatable bonds is 3. The molecule has 2 bridgehead atoms. The summed E-state index contributed by atoms with van der Waals surface area (Å²) < 4.78 is 4.72. The summed E-state index contributed by atoms with van der Waals surface area (Å²) in [6.45, 7) is 1.84. The summed E-state index contributed by atoms with van der Waals surface area (Å²) in [5.74, 6) is 0.0951. The first-order valence-electron chi connectivity index (χ1n) is 4.73. The number of ether oxygens (including phenoxy) is 1. The Hall–Kier alpha value is -0.380. The van der Waals surface area contributed by atoms with E-state index < -0.39 is 0 Å². The molecule has 78 valence electrons. The van der Waals surface area contributed by atoms with Crippen LogP contribution in [0.15, 0.2) is 0 Å². The molecule has 0 heterocycles. The van der Waals surface area contributed by atoms with E-state index in [9.17, 15) is 9.59 Å². The normalized spacial score (nSPS) is 40.5. The van der Waals surface area contributed by atoms with Gasteiger partial charge in [0.1, 0.15) is 0 Å². The maximum atomic E-state index is 11.7. The second-order valence-electron chi connectivity index (χ2n) is 4.56. The molecule has 1 unspecified atom stereocenters. The molecule has 3 saturated carbocycles. The van der Waals surface area contributed by atoms with Crippen molar-refractivity contribution in [2.45, 2.75) is 31.0 Å². The molecule has 14 heavy (non-hydrogen) atoms. The molecule has 0 spiro atoms. The lowest BCUT2D eigenvalue weighted by atomic mass is 9.34. The van der Waals surface area contributed by atoms with E-state index in [4.69, 9.17) is 4.74 Å². The Morgan fingerprint density at radius 3 is 2.14 bits per heavy atom. The minimum absolute atomic E-state index is 0.0987. The van der Waals surface area contributed by atoms with Crippen LogP contribution in [0.4, 0.5) is 0 Å². The topological polar surface area (TPSA) is 43.4 Å². The first-order chi connectivity index (χ1) is 6.46. The average Bonchev–Trinajstić information content (AvgIpc) is 1.98. The molecule has 0 amide bonds. The molecule has 1 atom stereocenters. The molecule has 0 aromatic rings. The van der Waals surface area contributed by atoms with Gasteiger partial charge < -0.3 is 4.74 Å². The molecule has 0 radical (unpaired) electrons. The van der Waals surface area contributed by atoms with Crippen LogP contribution in [0.5, 0.6) is 0 Å². The summed E-state index contributed by atoms with van der Waals surface area (Å²) in [6.07, 6.45) is 2.09. The molecule has 0 saturated heterocycles. The van der Waals surface area contributed by atoms with Crippen molar-refractivity contribution in [2.75, 3.05) is 7.11 Å². The average molecular weight is 261 g/mol. The molecule has 0 aliphatic heterocycles. The van der Waals surface area contributed by atoms with Crippen LogP contribution in [-0.4, -0.2) is 23.7 Å². The van der Waals surface area contributed by atoms with Gasteiger partial charge in [-0.1, -0.05) is 15.9 Å². The third-order valence-electron chi connectivity index (χ3n) is 3.53. The summed E-state index contributed by atoms with van der Waals surface area (Å²) in [7, 11) is 1.41. The Morgan fingerprint density at radius 2 is 1.79 bits per heavy atom. The van der Waals surface area contributed by atoms with E-state index in [0.29, 0.717) is 19.3 Å². The zero-order valence-corrected chi connectivity index (χ0v) is 9.89. The number of halogens is 1. The van der Waals surface area contributed by atoms with Gasteiger partial charge in [0.05, 0.1) is 17.4 Å². The van der Waals surface area contributed by atoms with Gasteiger partial charge in [-0.3, -0.25) is 9.59 Å². The van der Waals surface area contributed by atoms with Crippen LogP contribution in [0, 0.1) is 10.8 Å². The van der Waals surface area contributed by atoms with E-state index in [0.717, 1.165) is 0 Å². The van der Waals surface area contributed by atoms with E-state index in [1.54, 1.807) is 0 Å². The molecule has 3 rings (SSSR count). The number of carbonyl (C=O) groups excluding carboxylic acids is 2. The summed E-state index contributed by atoms with van der Waals surface area (Å²) in [4.78, 5) is 23.0. The van der Waals surface area contributed by atoms with Crippen LogP contribution in [0.25, 0.3) is 0 Å². The monoisotopic (exact) mass is 260 g/mol. The summed E-state index contributed by atoms with van der Waals surface area (Å²) in [5.41, 5.74) is -0.497. The number of alkyl halides is 1. The molecular weight excluding hydrogens is 248 g/mol. The quantitative estimate of drug-likeness (QED) is 0.573. The number of esters is 1. The van der Waals surface area contributed by atoms with Gasteiger partial charge in [0.15, 0.2) is 5.78 Å². The van der Waals surface area contributed by atoms with E-state index in [1.165, 1.54) is 7.11 Å². The highest BCUT2D eigenvalue weighted by molar-refractivity contribution is 9.10. The fourth-order valence-corrected chi connectivity index (χ4v) is 3.39. The standard InChI is InChI=1S/C10H13BrO3/c1-6(11)7(12)9-3-10(4-9,5-9)8(13)14-2/h6H,3-5H2,1-2H3. The predicted molar refractivity (Wildman–Crippen MR) is 54.1 cm³/mol. The third kappa shape index (κ3) is 1.03. The van der Waals surface area contributed by atoms with Crippen molar-refractivity contribution < 1.29 is 14.3 Å². The SMILES string of the molecule is COC(=O)C12CC(C(=O)C(C)Br)(C1)C2. The fraction of sp³-hybridized carbons (Fsp3) is 0.800. The van der Waals surface area contributed by atoms with Gasteiger partial charge in [0, 0.05) is 5.41 Å². The van der Waals surface area contributed by atoms with Crippen LogP contribution in [-0.2, 0) is 14.3 Å². The number of carbonyl (C=O) groups is 2. The Kier molecular flexibility index (Phi) is 2.04. The number of methoxy groups -OCH3 is 1. The van der Waals surface area contributed by atoms with E-state index in [1.807, 2.05) is 6.92 Å². The zero-order chi connectivity index (χ0) is 10.6. The van der Waals surface area contributed by atoms with Crippen LogP contribution < -0.4 is 0 Å². The molecule has 0 N–H and O–H groups in total. The molecular formula is C10H13BrO3. The van der Waals surface area contributed by atoms with Crippen molar-refractivity contribution in [1.29, 1.82) is 0 Å². The number of Topliss-reactive ketones (excluding diaryl/α,β-unsaturated/α-hetero) is 1. The van der Waals surface area contributed by atoms with Crippen molar-refractivity contribution >= 4 is 27.7 Å². The molecule has 4 heteroatoms. The Labute approximate surface area is 91.3 Å². The number of hydrogen-bond donors (Lipinski definition) is 0. The van der Waals surface area contributed by atoms with E-state index in [2.05, 4.69) is 15.9 Å². The second-order valence-corrected chi connectivity index (χ2v) is 5.94. The maximum absolute atomic E-state index is 11.7. The zero-order valence-electron chi connectivity index (χ0n) is 8.30. The van der Waals surface area contributed by atoms with Gasteiger partial charge in [-0.25, -0.2) is 0 Å².